The van der Waals surface area contributed by atoms with Crippen molar-refractivity contribution in [3.05, 3.63) is 0 Å². The highest BCUT2D eigenvalue weighted by Gasteiger charge is 2.07. The monoisotopic (exact) mass is 236 g/mol. The van der Waals surface area contributed by atoms with Gasteiger partial charge in [-0.2, -0.15) is 0 Å². The van der Waals surface area contributed by atoms with Crippen molar-refractivity contribution in [1.82, 2.24) is 0 Å². The van der Waals surface area contributed by atoms with Gasteiger partial charge in [-0.1, -0.05) is 13.3 Å². The Labute approximate surface area is 91.9 Å². The van der Waals surface area contributed by atoms with Gasteiger partial charge in [0, 0.05) is 12.2 Å². The maximum atomic E-state index is 11.1. The van der Waals surface area contributed by atoms with E-state index in [2.05, 4.69) is 0 Å². The SMILES string of the molecule is CCOC(=O)CCCCCS(=O)(=O)CC. The van der Waals surface area contributed by atoms with Crippen molar-refractivity contribution in [2.45, 2.75) is 39.5 Å². The summed E-state index contributed by atoms with van der Waals surface area (Å²) >= 11 is 0. The van der Waals surface area contributed by atoms with E-state index in [1.165, 1.54) is 0 Å². The second-order valence-electron chi connectivity index (χ2n) is 3.35. The third-order valence-electron chi connectivity index (χ3n) is 2.08. The molecule has 0 aliphatic heterocycles. The van der Waals surface area contributed by atoms with E-state index in [4.69, 9.17) is 4.74 Å². The number of ether oxygens (including phenoxy) is 1. The van der Waals surface area contributed by atoms with Crippen LogP contribution in [0.3, 0.4) is 0 Å². The van der Waals surface area contributed by atoms with E-state index in [9.17, 15) is 13.2 Å². The van der Waals surface area contributed by atoms with Gasteiger partial charge in [0.05, 0.1) is 12.4 Å². The first-order valence-corrected chi connectivity index (χ1v) is 7.20. The molecule has 5 heteroatoms. The predicted molar refractivity (Wildman–Crippen MR) is 59.4 cm³/mol. The zero-order valence-corrected chi connectivity index (χ0v) is 10.3. The average Bonchev–Trinajstić information content (AvgIpc) is 2.17. The largest absolute Gasteiger partial charge is 0.466 e. The smallest absolute Gasteiger partial charge is 0.305 e. The fourth-order valence-corrected chi connectivity index (χ4v) is 2.08. The molecular weight excluding hydrogens is 216 g/mol. The van der Waals surface area contributed by atoms with Crippen LogP contribution in [-0.4, -0.2) is 32.5 Å². The molecule has 0 N–H and O–H groups in total. The lowest BCUT2D eigenvalue weighted by atomic mass is 10.2. The van der Waals surface area contributed by atoms with Gasteiger partial charge in [-0.15, -0.1) is 0 Å². The molecule has 0 atom stereocenters. The van der Waals surface area contributed by atoms with Gasteiger partial charge in [-0.25, -0.2) is 8.42 Å². The van der Waals surface area contributed by atoms with Gasteiger partial charge in [0.25, 0.3) is 0 Å². The summed E-state index contributed by atoms with van der Waals surface area (Å²) in [5, 5.41) is 0. The zero-order valence-electron chi connectivity index (χ0n) is 9.49. The molecule has 0 heterocycles. The van der Waals surface area contributed by atoms with Crippen molar-refractivity contribution in [3.8, 4) is 0 Å². The van der Waals surface area contributed by atoms with Crippen molar-refractivity contribution in [3.63, 3.8) is 0 Å². The summed E-state index contributed by atoms with van der Waals surface area (Å²) in [7, 11) is -2.85. The number of hydrogen-bond donors (Lipinski definition) is 0. The summed E-state index contributed by atoms with van der Waals surface area (Å²) < 4.78 is 27.0. The first-order chi connectivity index (χ1) is 7.02. The molecule has 4 nitrogen and oxygen atoms in total. The second-order valence-corrected chi connectivity index (χ2v) is 5.82. The number of hydrogen-bond acceptors (Lipinski definition) is 4. The zero-order chi connectivity index (χ0) is 11.7. The van der Waals surface area contributed by atoms with E-state index < -0.39 is 9.84 Å². The van der Waals surface area contributed by atoms with Crippen LogP contribution in [0, 0.1) is 0 Å². The topological polar surface area (TPSA) is 60.4 Å². The lowest BCUT2D eigenvalue weighted by molar-refractivity contribution is -0.143. The Balaban J connectivity index is 3.44. The molecule has 0 fully saturated rings. The van der Waals surface area contributed by atoms with Crippen molar-refractivity contribution < 1.29 is 17.9 Å². The van der Waals surface area contributed by atoms with Crippen LogP contribution in [0.15, 0.2) is 0 Å². The summed E-state index contributed by atoms with van der Waals surface area (Å²) in [4.78, 5) is 10.9. The number of unbranched alkanes of at least 4 members (excludes halogenated alkanes) is 2. The molecule has 0 saturated carbocycles. The van der Waals surface area contributed by atoms with Crippen LogP contribution < -0.4 is 0 Å². The summed E-state index contributed by atoms with van der Waals surface area (Å²) in [6.45, 7) is 3.82. The van der Waals surface area contributed by atoms with Gasteiger partial charge in [-0.05, 0) is 19.8 Å². The van der Waals surface area contributed by atoms with E-state index >= 15 is 0 Å². The van der Waals surface area contributed by atoms with Gasteiger partial charge in [-0.3, -0.25) is 4.79 Å². The number of carbonyl (C=O) groups is 1. The second kappa shape index (κ2) is 7.68. The predicted octanol–water partition coefficient (Wildman–Crippen LogP) is 1.54. The molecule has 90 valence electrons. The van der Waals surface area contributed by atoms with Crippen LogP contribution in [0.25, 0.3) is 0 Å². The average molecular weight is 236 g/mol. The summed E-state index contributed by atoms with van der Waals surface area (Å²) in [5.41, 5.74) is 0. The molecule has 0 spiro atoms. The summed E-state index contributed by atoms with van der Waals surface area (Å²) in [6.07, 6.45) is 2.49. The van der Waals surface area contributed by atoms with E-state index in [1.54, 1.807) is 13.8 Å². The maximum absolute atomic E-state index is 11.1. The van der Waals surface area contributed by atoms with Gasteiger partial charge >= 0.3 is 5.97 Å². The van der Waals surface area contributed by atoms with Gasteiger partial charge < -0.3 is 4.74 Å². The lowest BCUT2D eigenvalue weighted by Crippen LogP contribution is -2.09. The first kappa shape index (κ1) is 14.4. The van der Waals surface area contributed by atoms with Crippen LogP contribution >= 0.6 is 0 Å². The third-order valence-corrected chi connectivity index (χ3v) is 3.87. The standard InChI is InChI=1S/C10H20O4S/c1-3-14-10(11)8-6-5-7-9-15(12,13)4-2/h3-9H2,1-2H3. The molecule has 0 aromatic carbocycles. The highest BCUT2D eigenvalue weighted by atomic mass is 32.2. The fourth-order valence-electron chi connectivity index (χ4n) is 1.15. The molecule has 0 amide bonds. The third kappa shape index (κ3) is 8.42. The summed E-state index contributed by atoms with van der Waals surface area (Å²) in [5.74, 6) is 0.229. The van der Waals surface area contributed by atoms with Crippen molar-refractivity contribution in [2.24, 2.45) is 0 Å². The number of sulfone groups is 1. The minimum Gasteiger partial charge on any atom is -0.466 e. The van der Waals surface area contributed by atoms with E-state index in [1.807, 2.05) is 0 Å². The number of esters is 1. The molecule has 0 unspecified atom stereocenters. The molecule has 15 heavy (non-hydrogen) atoms. The van der Waals surface area contributed by atoms with Crippen LogP contribution in [0.1, 0.15) is 39.5 Å². The van der Waals surface area contributed by atoms with E-state index in [0.717, 1.165) is 6.42 Å². The van der Waals surface area contributed by atoms with Gasteiger partial charge in [0.15, 0.2) is 0 Å². The Morgan fingerprint density at radius 1 is 1.13 bits per heavy atom. The minimum absolute atomic E-state index is 0.198. The minimum atomic E-state index is -2.85. The van der Waals surface area contributed by atoms with Crippen molar-refractivity contribution in [1.29, 1.82) is 0 Å². The molecule has 0 radical (unpaired) electrons. The quantitative estimate of drug-likeness (QED) is 0.474. The Kier molecular flexibility index (Phi) is 7.38. The van der Waals surface area contributed by atoms with Gasteiger partial charge in [0.2, 0.25) is 0 Å². The number of carbonyl (C=O) groups excluding carboxylic acids is 1. The first-order valence-electron chi connectivity index (χ1n) is 5.38. The van der Waals surface area contributed by atoms with Crippen LogP contribution in [-0.2, 0) is 19.4 Å². The Morgan fingerprint density at radius 3 is 2.33 bits per heavy atom. The van der Waals surface area contributed by atoms with E-state index in [-0.39, 0.29) is 17.5 Å². The Morgan fingerprint density at radius 2 is 1.80 bits per heavy atom. The molecule has 0 aromatic heterocycles. The Hall–Kier alpha value is -0.580. The molecule has 0 rings (SSSR count). The maximum Gasteiger partial charge on any atom is 0.305 e. The molecule has 0 bridgehead atoms. The van der Waals surface area contributed by atoms with Crippen molar-refractivity contribution >= 4 is 15.8 Å². The van der Waals surface area contributed by atoms with Crippen LogP contribution in [0.5, 0.6) is 0 Å². The number of rotatable bonds is 8. The van der Waals surface area contributed by atoms with Crippen LogP contribution in [0.2, 0.25) is 0 Å². The lowest BCUT2D eigenvalue weighted by Gasteiger charge is -2.02. The van der Waals surface area contributed by atoms with Crippen LogP contribution in [0.4, 0.5) is 0 Å². The van der Waals surface area contributed by atoms with Crippen molar-refractivity contribution in [2.75, 3.05) is 18.1 Å². The highest BCUT2D eigenvalue weighted by Crippen LogP contribution is 2.04. The molecular formula is C10H20O4S. The molecule has 0 saturated heterocycles. The summed E-state index contributed by atoms with van der Waals surface area (Å²) in [6, 6.07) is 0. The molecule has 0 aromatic rings. The Bertz CT molecular complexity index is 269. The molecule has 0 aliphatic rings. The van der Waals surface area contributed by atoms with E-state index in [0.29, 0.717) is 25.9 Å². The molecule has 0 aliphatic carbocycles. The highest BCUT2D eigenvalue weighted by molar-refractivity contribution is 7.91. The van der Waals surface area contributed by atoms with Gasteiger partial charge in [0.1, 0.15) is 9.84 Å². The fraction of sp³-hybridized carbons (Fsp3) is 0.900. The normalized spacial score (nSPS) is 11.3.